The van der Waals surface area contributed by atoms with Gasteiger partial charge in [0, 0.05) is 49.9 Å². The van der Waals surface area contributed by atoms with Crippen LogP contribution in [-0.4, -0.2) is 88.2 Å². The van der Waals surface area contributed by atoms with Crippen molar-refractivity contribution in [2.75, 3.05) is 52.2 Å². The van der Waals surface area contributed by atoms with Crippen LogP contribution in [0.5, 0.6) is 0 Å². The molecule has 1 atom stereocenters. The van der Waals surface area contributed by atoms with E-state index >= 15 is 8.78 Å². The lowest BCUT2D eigenvalue weighted by Gasteiger charge is -2.43. The maximum absolute atomic E-state index is 15.2. The number of alkyl halides is 2. The van der Waals surface area contributed by atoms with Gasteiger partial charge >= 0.3 is 5.69 Å². The Bertz CT molecular complexity index is 1540. The Kier molecular flexibility index (Phi) is 5.57. The number of halogens is 2. The minimum Gasteiger partial charge on any atom is -0.353 e. The van der Waals surface area contributed by atoms with Crippen LogP contribution in [0.2, 0.25) is 0 Å². The Hall–Kier alpha value is -3.37. The van der Waals surface area contributed by atoms with Gasteiger partial charge in [-0.2, -0.15) is 0 Å². The van der Waals surface area contributed by atoms with Gasteiger partial charge in [-0.1, -0.05) is 6.07 Å². The molecule has 0 amide bonds. The standard InChI is InChI=1S/C27H31F2N7O/c1-32(2)19-14-35(15-19)24-8-6-18(12-31-24)17-5-7-21-20(11-17)25-22(13-30-21)34(4)26(37)36(25)23-9-10-33(3)16-27(23,28)29/h5-8,11-13,19,23H,9-10,14-16H2,1-4H3/t23-/m0/s1. The van der Waals surface area contributed by atoms with Crippen molar-refractivity contribution in [3.05, 3.63) is 53.2 Å². The van der Waals surface area contributed by atoms with Crippen molar-refractivity contribution in [3.63, 3.8) is 0 Å². The quantitative estimate of drug-likeness (QED) is 0.423. The fourth-order valence-electron chi connectivity index (χ4n) is 5.62. The van der Waals surface area contributed by atoms with Gasteiger partial charge in [0.05, 0.1) is 29.3 Å². The predicted molar refractivity (Wildman–Crippen MR) is 141 cm³/mol. The molecule has 194 valence electrons. The van der Waals surface area contributed by atoms with Crippen molar-refractivity contribution in [1.82, 2.24) is 28.9 Å². The molecule has 10 heteroatoms. The van der Waals surface area contributed by atoms with E-state index in [1.807, 2.05) is 36.5 Å². The number of likely N-dealkylation sites (tertiary alicyclic amines) is 1. The average Bonchev–Trinajstić information content (AvgIpc) is 3.08. The lowest BCUT2D eigenvalue weighted by Crippen LogP contribution is -2.57. The first-order chi connectivity index (χ1) is 17.6. The largest absolute Gasteiger partial charge is 0.353 e. The highest BCUT2D eigenvalue weighted by molar-refractivity contribution is 6.04. The summed E-state index contributed by atoms with van der Waals surface area (Å²) in [6, 6.07) is 9.15. The van der Waals surface area contributed by atoms with Crippen molar-refractivity contribution in [2.24, 2.45) is 7.05 Å². The summed E-state index contributed by atoms with van der Waals surface area (Å²) in [4.78, 5) is 28.6. The van der Waals surface area contributed by atoms with Crippen LogP contribution >= 0.6 is 0 Å². The van der Waals surface area contributed by atoms with Gasteiger partial charge in [-0.05, 0) is 57.4 Å². The SMILES string of the molecule is CN1CC[C@H](n2c(=O)n(C)c3cnc4ccc(-c5ccc(N6CC(N(C)C)C6)nc5)cc4c32)C(F)(F)C1. The molecule has 2 fully saturated rings. The molecule has 0 unspecified atom stereocenters. The zero-order valence-corrected chi connectivity index (χ0v) is 21.5. The molecule has 0 N–H and O–H groups in total. The van der Waals surface area contributed by atoms with Crippen molar-refractivity contribution < 1.29 is 8.78 Å². The molecule has 2 saturated heterocycles. The molecule has 8 nitrogen and oxygen atoms in total. The normalized spacial score (nSPS) is 20.7. The van der Waals surface area contributed by atoms with Crippen molar-refractivity contribution in [2.45, 2.75) is 24.4 Å². The van der Waals surface area contributed by atoms with E-state index in [9.17, 15) is 4.79 Å². The molecule has 0 saturated carbocycles. The summed E-state index contributed by atoms with van der Waals surface area (Å²) in [7, 11) is 7.47. The van der Waals surface area contributed by atoms with Crippen LogP contribution in [0.15, 0.2) is 47.5 Å². The maximum Gasteiger partial charge on any atom is 0.329 e. The molecular formula is C27H31F2N7O. The van der Waals surface area contributed by atoms with E-state index in [1.165, 1.54) is 9.13 Å². The van der Waals surface area contributed by atoms with Crippen LogP contribution in [0.4, 0.5) is 14.6 Å². The minimum atomic E-state index is -3.03. The van der Waals surface area contributed by atoms with E-state index in [0.29, 0.717) is 34.5 Å². The number of hydrogen-bond acceptors (Lipinski definition) is 6. The molecule has 1 aromatic carbocycles. The Morgan fingerprint density at radius 3 is 2.46 bits per heavy atom. The number of piperidine rings is 1. The zero-order valence-electron chi connectivity index (χ0n) is 21.5. The fourth-order valence-corrected chi connectivity index (χ4v) is 5.62. The second-order valence-electron chi connectivity index (χ2n) is 10.7. The van der Waals surface area contributed by atoms with Crippen molar-refractivity contribution in [3.8, 4) is 11.1 Å². The predicted octanol–water partition coefficient (Wildman–Crippen LogP) is 3.21. The van der Waals surface area contributed by atoms with Gasteiger partial charge in [0.1, 0.15) is 11.9 Å². The molecule has 4 aromatic rings. The van der Waals surface area contributed by atoms with Crippen LogP contribution < -0.4 is 10.6 Å². The Morgan fingerprint density at radius 2 is 1.78 bits per heavy atom. The highest BCUT2D eigenvalue weighted by Gasteiger charge is 2.46. The first-order valence-electron chi connectivity index (χ1n) is 12.6. The number of imidazole rings is 1. The summed E-state index contributed by atoms with van der Waals surface area (Å²) in [5.41, 5.74) is 3.09. The summed E-state index contributed by atoms with van der Waals surface area (Å²) in [6.45, 7) is 2.03. The molecule has 0 spiro atoms. The van der Waals surface area contributed by atoms with E-state index in [4.69, 9.17) is 0 Å². The smallest absolute Gasteiger partial charge is 0.329 e. The highest BCUT2D eigenvalue weighted by atomic mass is 19.3. The number of aromatic nitrogens is 4. The third-order valence-electron chi connectivity index (χ3n) is 7.98. The Morgan fingerprint density at radius 1 is 1.03 bits per heavy atom. The minimum absolute atomic E-state index is 0.197. The van der Waals surface area contributed by atoms with Gasteiger partial charge in [0.25, 0.3) is 5.92 Å². The van der Waals surface area contributed by atoms with Gasteiger partial charge in [-0.15, -0.1) is 0 Å². The molecular weight excluding hydrogens is 476 g/mol. The molecule has 37 heavy (non-hydrogen) atoms. The molecule has 3 aromatic heterocycles. The average molecular weight is 508 g/mol. The van der Waals surface area contributed by atoms with Gasteiger partial charge in [-0.25, -0.2) is 18.6 Å². The second kappa shape index (κ2) is 8.59. The number of hydrogen-bond donors (Lipinski definition) is 0. The maximum atomic E-state index is 15.2. The van der Waals surface area contributed by atoms with Gasteiger partial charge in [-0.3, -0.25) is 14.1 Å². The van der Waals surface area contributed by atoms with Crippen molar-refractivity contribution in [1.29, 1.82) is 0 Å². The van der Waals surface area contributed by atoms with Crippen LogP contribution in [-0.2, 0) is 7.05 Å². The molecule has 6 rings (SSSR count). The van der Waals surface area contributed by atoms with Gasteiger partial charge in [0.15, 0.2) is 0 Å². The Labute approximate surface area is 213 Å². The number of likely N-dealkylation sites (N-methyl/N-ethyl adjacent to an activating group) is 1. The molecule has 2 aliphatic heterocycles. The number of benzene rings is 1. The van der Waals surface area contributed by atoms with Crippen LogP contribution in [0, 0.1) is 0 Å². The Balaban J connectivity index is 1.43. The monoisotopic (exact) mass is 507 g/mol. The summed E-state index contributed by atoms with van der Waals surface area (Å²) in [5, 5.41) is 0.683. The van der Waals surface area contributed by atoms with E-state index in [0.717, 1.165) is 30.0 Å². The summed E-state index contributed by atoms with van der Waals surface area (Å²) >= 11 is 0. The lowest BCUT2D eigenvalue weighted by atomic mass is 9.99. The zero-order chi connectivity index (χ0) is 26.1. The van der Waals surface area contributed by atoms with E-state index in [2.05, 4.69) is 33.9 Å². The summed E-state index contributed by atoms with van der Waals surface area (Å²) in [6.07, 6.45) is 3.64. The second-order valence-corrected chi connectivity index (χ2v) is 10.7. The van der Waals surface area contributed by atoms with Gasteiger partial charge < -0.3 is 14.7 Å². The lowest BCUT2D eigenvalue weighted by molar-refractivity contribution is -0.0977. The number of pyridine rings is 2. The van der Waals surface area contributed by atoms with E-state index < -0.39 is 17.7 Å². The molecule has 0 radical (unpaired) electrons. The first-order valence-corrected chi connectivity index (χ1v) is 12.6. The third-order valence-corrected chi connectivity index (χ3v) is 7.98. The summed E-state index contributed by atoms with van der Waals surface area (Å²) in [5.74, 6) is -2.09. The summed E-state index contributed by atoms with van der Waals surface area (Å²) < 4.78 is 33.2. The van der Waals surface area contributed by atoms with E-state index in [-0.39, 0.29) is 13.0 Å². The highest BCUT2D eigenvalue weighted by Crippen LogP contribution is 2.39. The number of anilines is 1. The van der Waals surface area contributed by atoms with Crippen LogP contribution in [0.1, 0.15) is 12.5 Å². The molecule has 2 aliphatic rings. The molecule has 5 heterocycles. The van der Waals surface area contributed by atoms with Gasteiger partial charge in [0.2, 0.25) is 0 Å². The first kappa shape index (κ1) is 24.0. The topological polar surface area (TPSA) is 62.4 Å². The number of rotatable bonds is 4. The number of fused-ring (bicyclic) bond motifs is 3. The van der Waals surface area contributed by atoms with Crippen LogP contribution in [0.3, 0.4) is 0 Å². The number of nitrogens with zero attached hydrogens (tertiary/aromatic N) is 7. The molecule has 0 bridgehead atoms. The van der Waals surface area contributed by atoms with Crippen molar-refractivity contribution >= 4 is 27.8 Å². The van der Waals surface area contributed by atoms with Crippen LogP contribution in [0.25, 0.3) is 33.1 Å². The molecule has 0 aliphatic carbocycles. The third kappa shape index (κ3) is 3.90. The van der Waals surface area contributed by atoms with E-state index in [1.54, 1.807) is 25.2 Å². The number of aryl methyl sites for hydroxylation is 1. The fraction of sp³-hybridized carbons (Fsp3) is 0.444.